The quantitative estimate of drug-likeness (QED) is 0.889. The fourth-order valence-corrected chi connectivity index (χ4v) is 3.93. The molecule has 104 valence electrons. The fraction of sp³-hybridized carbons (Fsp3) is 0.688. The van der Waals surface area contributed by atoms with Crippen LogP contribution in [0.15, 0.2) is 18.3 Å². The smallest absolute Gasteiger partial charge is 0.0680 e. The van der Waals surface area contributed by atoms with Gasteiger partial charge in [-0.2, -0.15) is 0 Å². The lowest BCUT2D eigenvalue weighted by molar-refractivity contribution is 0.0134. The number of rotatable bonds is 2. The summed E-state index contributed by atoms with van der Waals surface area (Å²) < 4.78 is 5.87. The Bertz CT molecular complexity index is 462. The lowest BCUT2D eigenvalue weighted by Gasteiger charge is -2.29. The van der Waals surface area contributed by atoms with Crippen molar-refractivity contribution < 1.29 is 9.84 Å². The average Bonchev–Trinajstić information content (AvgIpc) is 2.91. The molecule has 1 saturated heterocycles. The van der Waals surface area contributed by atoms with Crippen molar-refractivity contribution in [3.8, 4) is 0 Å². The van der Waals surface area contributed by atoms with Crippen molar-refractivity contribution in [2.24, 2.45) is 11.8 Å². The highest BCUT2D eigenvalue weighted by Crippen LogP contribution is 2.43. The van der Waals surface area contributed by atoms with Gasteiger partial charge in [0, 0.05) is 23.7 Å². The summed E-state index contributed by atoms with van der Waals surface area (Å²) >= 11 is 0. The van der Waals surface area contributed by atoms with Gasteiger partial charge in [-0.1, -0.05) is 13.0 Å². The van der Waals surface area contributed by atoms with E-state index in [1.165, 1.54) is 5.56 Å². The summed E-state index contributed by atoms with van der Waals surface area (Å²) in [7, 11) is 0. The first-order valence-corrected chi connectivity index (χ1v) is 7.37. The predicted molar refractivity (Wildman–Crippen MR) is 74.0 cm³/mol. The summed E-state index contributed by atoms with van der Waals surface area (Å²) in [5.74, 6) is 0.797. The Kier molecular flexibility index (Phi) is 3.35. The zero-order valence-corrected chi connectivity index (χ0v) is 11.9. The molecule has 0 bridgehead atoms. The number of aryl methyl sites for hydroxylation is 1. The van der Waals surface area contributed by atoms with Crippen molar-refractivity contribution in [1.82, 2.24) is 4.98 Å². The third-order valence-electron chi connectivity index (χ3n) is 5.13. The molecule has 1 aromatic heterocycles. The van der Waals surface area contributed by atoms with Crippen LogP contribution in [0.5, 0.6) is 0 Å². The summed E-state index contributed by atoms with van der Waals surface area (Å²) in [5.41, 5.74) is 2.41. The number of hydrogen-bond acceptors (Lipinski definition) is 3. The summed E-state index contributed by atoms with van der Waals surface area (Å²) in [6.07, 6.45) is 3.91. The summed E-state index contributed by atoms with van der Waals surface area (Å²) in [4.78, 5) is 4.50. The number of ether oxygens (including phenoxy) is 1. The van der Waals surface area contributed by atoms with Gasteiger partial charge in [-0.05, 0) is 44.2 Å². The highest BCUT2D eigenvalue weighted by molar-refractivity contribution is 5.29. The molecule has 1 aliphatic heterocycles. The molecule has 3 rings (SSSR count). The molecule has 1 aliphatic carbocycles. The molecule has 19 heavy (non-hydrogen) atoms. The molecule has 6 atom stereocenters. The molecule has 1 N–H and O–H groups in total. The number of hydrogen-bond donors (Lipinski definition) is 1. The Morgan fingerprint density at radius 3 is 2.79 bits per heavy atom. The van der Waals surface area contributed by atoms with E-state index in [0.717, 1.165) is 18.5 Å². The van der Waals surface area contributed by atoms with Gasteiger partial charge in [0.25, 0.3) is 0 Å². The van der Waals surface area contributed by atoms with Crippen molar-refractivity contribution in [1.29, 1.82) is 0 Å². The number of aromatic nitrogens is 1. The second-order valence-corrected chi connectivity index (χ2v) is 6.17. The normalized spacial score (nSPS) is 39.3. The first-order chi connectivity index (χ1) is 9.09. The molecule has 1 aromatic rings. The third-order valence-corrected chi connectivity index (χ3v) is 5.13. The van der Waals surface area contributed by atoms with Crippen LogP contribution in [-0.4, -0.2) is 28.4 Å². The minimum Gasteiger partial charge on any atom is -0.392 e. The highest BCUT2D eigenvalue weighted by Gasteiger charge is 2.45. The SMILES string of the molecule is CC1OC(C)C(C(O)C2CCc3cccnc32)C1C. The molecule has 0 saturated carbocycles. The van der Waals surface area contributed by atoms with Crippen molar-refractivity contribution in [2.75, 3.05) is 0 Å². The Labute approximate surface area is 115 Å². The molecule has 0 aromatic carbocycles. The second kappa shape index (κ2) is 4.88. The molecular weight excluding hydrogens is 238 g/mol. The zero-order valence-electron chi connectivity index (χ0n) is 11.9. The lowest BCUT2D eigenvalue weighted by Crippen LogP contribution is -2.35. The van der Waals surface area contributed by atoms with Crippen LogP contribution in [-0.2, 0) is 11.2 Å². The van der Waals surface area contributed by atoms with Gasteiger partial charge in [0.2, 0.25) is 0 Å². The van der Waals surface area contributed by atoms with Crippen molar-refractivity contribution in [3.05, 3.63) is 29.6 Å². The van der Waals surface area contributed by atoms with Gasteiger partial charge in [-0.15, -0.1) is 0 Å². The molecule has 2 aliphatic rings. The maximum atomic E-state index is 10.8. The minimum atomic E-state index is -0.342. The van der Waals surface area contributed by atoms with Crippen LogP contribution in [0, 0.1) is 11.8 Å². The molecule has 0 amide bonds. The molecule has 0 spiro atoms. The minimum absolute atomic E-state index is 0.132. The summed E-state index contributed by atoms with van der Waals surface area (Å²) in [6.45, 7) is 6.38. The van der Waals surface area contributed by atoms with Crippen LogP contribution < -0.4 is 0 Å². The van der Waals surface area contributed by atoms with Gasteiger partial charge < -0.3 is 9.84 Å². The standard InChI is InChI=1S/C16H23NO2/c1-9-10(2)19-11(3)14(9)16(18)13-7-6-12-5-4-8-17-15(12)13/h4-5,8-11,13-14,16,18H,6-7H2,1-3H3. The van der Waals surface area contributed by atoms with E-state index in [1.54, 1.807) is 0 Å². The molecule has 2 heterocycles. The number of pyridine rings is 1. The van der Waals surface area contributed by atoms with E-state index in [0.29, 0.717) is 5.92 Å². The van der Waals surface area contributed by atoms with E-state index < -0.39 is 0 Å². The Morgan fingerprint density at radius 2 is 2.11 bits per heavy atom. The van der Waals surface area contributed by atoms with Crippen molar-refractivity contribution in [2.45, 2.75) is 57.8 Å². The average molecular weight is 261 g/mol. The number of fused-ring (bicyclic) bond motifs is 1. The van der Waals surface area contributed by atoms with Crippen LogP contribution in [0.2, 0.25) is 0 Å². The number of aliphatic hydroxyl groups excluding tert-OH is 1. The van der Waals surface area contributed by atoms with Gasteiger partial charge in [-0.25, -0.2) is 0 Å². The van der Waals surface area contributed by atoms with E-state index in [1.807, 2.05) is 12.3 Å². The highest BCUT2D eigenvalue weighted by atomic mass is 16.5. The fourth-order valence-electron chi connectivity index (χ4n) is 3.93. The van der Waals surface area contributed by atoms with Crippen LogP contribution >= 0.6 is 0 Å². The number of aliphatic hydroxyl groups is 1. The molecule has 0 radical (unpaired) electrons. The largest absolute Gasteiger partial charge is 0.392 e. The van der Waals surface area contributed by atoms with Gasteiger partial charge in [0.1, 0.15) is 0 Å². The Morgan fingerprint density at radius 1 is 1.32 bits per heavy atom. The predicted octanol–water partition coefficient (Wildman–Crippen LogP) is 2.53. The monoisotopic (exact) mass is 261 g/mol. The van der Waals surface area contributed by atoms with Crippen LogP contribution in [0.4, 0.5) is 0 Å². The first-order valence-electron chi connectivity index (χ1n) is 7.37. The third kappa shape index (κ3) is 2.09. The molecular formula is C16H23NO2. The maximum absolute atomic E-state index is 10.8. The van der Waals surface area contributed by atoms with E-state index >= 15 is 0 Å². The lowest BCUT2D eigenvalue weighted by atomic mass is 9.79. The van der Waals surface area contributed by atoms with Crippen LogP contribution in [0.3, 0.4) is 0 Å². The number of nitrogens with zero attached hydrogens (tertiary/aromatic N) is 1. The Balaban J connectivity index is 1.84. The van der Waals surface area contributed by atoms with Crippen molar-refractivity contribution >= 4 is 0 Å². The Hall–Kier alpha value is -0.930. The van der Waals surface area contributed by atoms with Crippen LogP contribution in [0.1, 0.15) is 44.4 Å². The molecule has 6 unspecified atom stereocenters. The van der Waals surface area contributed by atoms with Gasteiger partial charge in [0.15, 0.2) is 0 Å². The maximum Gasteiger partial charge on any atom is 0.0680 e. The molecule has 3 nitrogen and oxygen atoms in total. The van der Waals surface area contributed by atoms with Gasteiger partial charge >= 0.3 is 0 Å². The van der Waals surface area contributed by atoms with Gasteiger partial charge in [0.05, 0.1) is 18.3 Å². The molecule has 3 heteroatoms. The van der Waals surface area contributed by atoms with E-state index in [9.17, 15) is 5.11 Å². The first kappa shape index (κ1) is 13.1. The van der Waals surface area contributed by atoms with E-state index in [-0.39, 0.29) is 30.1 Å². The summed E-state index contributed by atoms with van der Waals surface area (Å²) in [6, 6.07) is 4.12. The van der Waals surface area contributed by atoms with Crippen LogP contribution in [0.25, 0.3) is 0 Å². The zero-order chi connectivity index (χ0) is 13.6. The van der Waals surface area contributed by atoms with E-state index in [2.05, 4.69) is 31.8 Å². The van der Waals surface area contributed by atoms with Gasteiger partial charge in [-0.3, -0.25) is 4.98 Å². The van der Waals surface area contributed by atoms with Crippen molar-refractivity contribution in [3.63, 3.8) is 0 Å². The van der Waals surface area contributed by atoms with E-state index in [4.69, 9.17) is 4.74 Å². The summed E-state index contributed by atoms with van der Waals surface area (Å²) in [5, 5.41) is 10.8. The topological polar surface area (TPSA) is 42.4 Å². The molecule has 1 fully saturated rings. The second-order valence-electron chi connectivity index (χ2n) is 6.17.